The molecule has 0 atom stereocenters. The van der Waals surface area contributed by atoms with Crippen molar-refractivity contribution in [3.8, 4) is 0 Å². The largest absolute Gasteiger partial charge is 0.350 e. The average molecular weight is 350 g/mol. The number of nitrogens with one attached hydrogen (secondary N) is 2. The van der Waals surface area contributed by atoms with Crippen LogP contribution in [-0.4, -0.2) is 15.9 Å². The Balaban J connectivity index is 1.53. The molecule has 0 spiro atoms. The summed E-state index contributed by atoms with van der Waals surface area (Å²) in [4.78, 5) is 20.5. The molecule has 2 aromatic carbocycles. The highest BCUT2D eigenvalue weighted by atomic mass is 19.1. The fourth-order valence-electron chi connectivity index (χ4n) is 2.43. The summed E-state index contributed by atoms with van der Waals surface area (Å²) >= 11 is 0. The minimum absolute atomic E-state index is 0.225. The van der Waals surface area contributed by atoms with Crippen molar-refractivity contribution in [1.29, 1.82) is 0 Å². The molecule has 0 saturated heterocycles. The lowest BCUT2D eigenvalue weighted by Gasteiger charge is -2.07. The highest BCUT2D eigenvalue weighted by Gasteiger charge is 2.07. The fraction of sp³-hybridized carbons (Fsp3) is 0.150. The van der Waals surface area contributed by atoms with Crippen molar-refractivity contribution >= 4 is 11.9 Å². The van der Waals surface area contributed by atoms with E-state index in [9.17, 15) is 9.18 Å². The fourth-order valence-corrected chi connectivity index (χ4v) is 2.43. The molecule has 1 heterocycles. The van der Waals surface area contributed by atoms with Gasteiger partial charge in [-0.15, -0.1) is 0 Å². The number of amides is 1. The first-order valence-electron chi connectivity index (χ1n) is 8.24. The van der Waals surface area contributed by atoms with Gasteiger partial charge >= 0.3 is 0 Å². The van der Waals surface area contributed by atoms with Crippen molar-refractivity contribution in [3.63, 3.8) is 0 Å². The van der Waals surface area contributed by atoms with Crippen molar-refractivity contribution < 1.29 is 9.18 Å². The summed E-state index contributed by atoms with van der Waals surface area (Å²) in [5, 5.41) is 5.88. The lowest BCUT2D eigenvalue weighted by molar-refractivity contribution is 0.0950. The maximum absolute atomic E-state index is 12.9. The molecule has 0 aliphatic heterocycles. The van der Waals surface area contributed by atoms with E-state index in [1.165, 1.54) is 24.5 Å². The van der Waals surface area contributed by atoms with Gasteiger partial charge in [0.1, 0.15) is 5.82 Å². The molecule has 6 heteroatoms. The van der Waals surface area contributed by atoms with E-state index in [1.807, 2.05) is 31.2 Å². The molecule has 0 saturated carbocycles. The molecule has 26 heavy (non-hydrogen) atoms. The van der Waals surface area contributed by atoms with E-state index < -0.39 is 0 Å². The Morgan fingerprint density at radius 2 is 1.73 bits per heavy atom. The van der Waals surface area contributed by atoms with Crippen LogP contribution in [0, 0.1) is 12.7 Å². The summed E-state index contributed by atoms with van der Waals surface area (Å²) in [7, 11) is 0. The summed E-state index contributed by atoms with van der Waals surface area (Å²) in [5.41, 5.74) is 3.49. The van der Waals surface area contributed by atoms with Crippen LogP contribution in [0.25, 0.3) is 0 Å². The van der Waals surface area contributed by atoms with Crippen molar-refractivity contribution in [2.45, 2.75) is 20.0 Å². The van der Waals surface area contributed by atoms with Gasteiger partial charge in [0.2, 0.25) is 5.95 Å². The zero-order valence-electron chi connectivity index (χ0n) is 14.4. The number of halogens is 1. The molecule has 0 aliphatic rings. The SMILES string of the molecule is Cc1cccc(CNC(=O)c2cnc(NCc3ccc(F)cc3)nc2)c1. The third kappa shape index (κ3) is 4.86. The van der Waals surface area contributed by atoms with Gasteiger partial charge in [-0.2, -0.15) is 0 Å². The first-order valence-corrected chi connectivity index (χ1v) is 8.24. The number of hydrogen-bond acceptors (Lipinski definition) is 4. The number of rotatable bonds is 6. The van der Waals surface area contributed by atoms with Crippen molar-refractivity contribution in [2.75, 3.05) is 5.32 Å². The van der Waals surface area contributed by atoms with E-state index in [2.05, 4.69) is 20.6 Å². The average Bonchev–Trinajstić information content (AvgIpc) is 2.66. The number of nitrogens with zero attached hydrogens (tertiary/aromatic N) is 2. The van der Waals surface area contributed by atoms with Gasteiger partial charge < -0.3 is 10.6 Å². The summed E-state index contributed by atoms with van der Waals surface area (Å²) < 4.78 is 12.9. The van der Waals surface area contributed by atoms with Gasteiger partial charge in [0.25, 0.3) is 5.91 Å². The molecule has 5 nitrogen and oxygen atoms in total. The van der Waals surface area contributed by atoms with Gasteiger partial charge in [0, 0.05) is 25.5 Å². The molecule has 2 N–H and O–H groups in total. The van der Waals surface area contributed by atoms with Gasteiger partial charge in [-0.25, -0.2) is 14.4 Å². The minimum atomic E-state index is -0.272. The van der Waals surface area contributed by atoms with Crippen LogP contribution in [-0.2, 0) is 13.1 Å². The number of hydrogen-bond donors (Lipinski definition) is 2. The predicted molar refractivity (Wildman–Crippen MR) is 98.1 cm³/mol. The van der Waals surface area contributed by atoms with E-state index in [0.717, 1.165) is 16.7 Å². The Morgan fingerprint density at radius 3 is 2.42 bits per heavy atom. The maximum Gasteiger partial charge on any atom is 0.254 e. The summed E-state index contributed by atoms with van der Waals surface area (Å²) in [6.07, 6.45) is 2.96. The van der Waals surface area contributed by atoms with Gasteiger partial charge in [0.15, 0.2) is 0 Å². The monoisotopic (exact) mass is 350 g/mol. The lowest BCUT2D eigenvalue weighted by atomic mass is 10.1. The molecular formula is C20H19FN4O. The Labute approximate surface area is 151 Å². The van der Waals surface area contributed by atoms with E-state index in [1.54, 1.807) is 12.1 Å². The van der Waals surface area contributed by atoms with Crippen LogP contribution in [0.3, 0.4) is 0 Å². The Bertz CT molecular complexity index is 879. The van der Waals surface area contributed by atoms with Crippen LogP contribution in [0.4, 0.5) is 10.3 Å². The Hall–Kier alpha value is -3.28. The summed E-state index contributed by atoms with van der Waals surface area (Å²) in [6, 6.07) is 14.1. The molecule has 0 radical (unpaired) electrons. The van der Waals surface area contributed by atoms with Crippen LogP contribution in [0.1, 0.15) is 27.0 Å². The number of anilines is 1. The van der Waals surface area contributed by atoms with Crippen LogP contribution in [0.2, 0.25) is 0 Å². The summed E-state index contributed by atoms with van der Waals surface area (Å²) in [5.74, 6) is -0.0906. The van der Waals surface area contributed by atoms with Crippen LogP contribution in [0.5, 0.6) is 0 Å². The third-order valence-electron chi connectivity index (χ3n) is 3.81. The highest BCUT2D eigenvalue weighted by Crippen LogP contribution is 2.07. The first-order chi connectivity index (χ1) is 12.6. The number of benzene rings is 2. The van der Waals surface area contributed by atoms with E-state index >= 15 is 0 Å². The first kappa shape index (κ1) is 17.5. The van der Waals surface area contributed by atoms with Crippen LogP contribution < -0.4 is 10.6 Å². The van der Waals surface area contributed by atoms with Crippen LogP contribution in [0.15, 0.2) is 60.9 Å². The predicted octanol–water partition coefficient (Wildman–Crippen LogP) is 3.47. The van der Waals surface area contributed by atoms with E-state index in [4.69, 9.17) is 0 Å². The number of carbonyl (C=O) groups excluding carboxylic acids is 1. The van der Waals surface area contributed by atoms with Gasteiger partial charge in [-0.3, -0.25) is 4.79 Å². The number of aryl methyl sites for hydroxylation is 1. The van der Waals surface area contributed by atoms with Crippen molar-refractivity contribution in [2.24, 2.45) is 0 Å². The van der Waals surface area contributed by atoms with Crippen molar-refractivity contribution in [1.82, 2.24) is 15.3 Å². The topological polar surface area (TPSA) is 66.9 Å². The van der Waals surface area contributed by atoms with Gasteiger partial charge in [-0.1, -0.05) is 42.0 Å². The number of aromatic nitrogens is 2. The molecule has 3 rings (SSSR count). The van der Waals surface area contributed by atoms with Gasteiger partial charge in [-0.05, 0) is 30.2 Å². The second-order valence-corrected chi connectivity index (χ2v) is 5.95. The molecule has 1 amide bonds. The van der Waals surface area contributed by atoms with Crippen LogP contribution >= 0.6 is 0 Å². The smallest absolute Gasteiger partial charge is 0.254 e. The van der Waals surface area contributed by atoms with E-state index in [0.29, 0.717) is 24.6 Å². The molecule has 3 aromatic rings. The molecular weight excluding hydrogens is 331 g/mol. The quantitative estimate of drug-likeness (QED) is 0.714. The third-order valence-corrected chi connectivity index (χ3v) is 3.81. The molecule has 0 bridgehead atoms. The zero-order chi connectivity index (χ0) is 18.4. The molecule has 0 fully saturated rings. The molecule has 132 valence electrons. The lowest BCUT2D eigenvalue weighted by Crippen LogP contribution is -2.23. The van der Waals surface area contributed by atoms with Gasteiger partial charge in [0.05, 0.1) is 5.56 Å². The van der Waals surface area contributed by atoms with E-state index in [-0.39, 0.29) is 11.7 Å². The molecule has 0 unspecified atom stereocenters. The standard InChI is InChI=1S/C20H19FN4O/c1-14-3-2-4-16(9-14)11-22-19(26)17-12-24-20(25-13-17)23-10-15-5-7-18(21)8-6-15/h2-9,12-13H,10-11H2,1H3,(H,22,26)(H,23,24,25). The Kier molecular flexibility index (Phi) is 5.53. The Morgan fingerprint density at radius 1 is 1.00 bits per heavy atom. The minimum Gasteiger partial charge on any atom is -0.350 e. The number of carbonyl (C=O) groups is 1. The highest BCUT2D eigenvalue weighted by molar-refractivity contribution is 5.93. The normalized spacial score (nSPS) is 10.4. The second-order valence-electron chi connectivity index (χ2n) is 5.95. The molecule has 0 aliphatic carbocycles. The maximum atomic E-state index is 12.9. The molecule has 1 aromatic heterocycles. The second kappa shape index (κ2) is 8.20. The van der Waals surface area contributed by atoms with Crippen molar-refractivity contribution in [3.05, 3.63) is 89.0 Å². The summed E-state index contributed by atoms with van der Waals surface area (Å²) in [6.45, 7) is 2.93. The zero-order valence-corrected chi connectivity index (χ0v) is 14.4.